The van der Waals surface area contributed by atoms with Crippen molar-refractivity contribution in [3.63, 3.8) is 0 Å². The van der Waals surface area contributed by atoms with Crippen LogP contribution in [0, 0.1) is 5.92 Å². The molecule has 0 radical (unpaired) electrons. The van der Waals surface area contributed by atoms with Crippen LogP contribution in [0.15, 0.2) is 0 Å². The average molecular weight is 228 g/mol. The molecular formula is C13H28OSi. The molecule has 1 nitrogen and oxygen atoms in total. The van der Waals surface area contributed by atoms with Crippen molar-refractivity contribution in [2.75, 3.05) is 0 Å². The third-order valence-electron chi connectivity index (χ3n) is 3.64. The first-order valence-electron chi connectivity index (χ1n) is 6.73. The van der Waals surface area contributed by atoms with Gasteiger partial charge in [0.2, 0.25) is 0 Å². The highest BCUT2D eigenvalue weighted by molar-refractivity contribution is 6.71. The molecule has 0 N–H and O–H groups in total. The second-order valence-corrected chi connectivity index (χ2v) is 10.0. The zero-order valence-electron chi connectivity index (χ0n) is 11.0. The van der Waals surface area contributed by atoms with E-state index in [2.05, 4.69) is 26.9 Å². The Kier molecular flexibility index (Phi) is 5.34. The molecule has 15 heavy (non-hydrogen) atoms. The molecule has 1 saturated heterocycles. The fraction of sp³-hybridized carbons (Fsp3) is 1.00. The lowest BCUT2D eigenvalue weighted by Gasteiger charge is -2.37. The van der Waals surface area contributed by atoms with Crippen molar-refractivity contribution >= 4 is 8.32 Å². The molecule has 2 heteroatoms. The van der Waals surface area contributed by atoms with Crippen molar-refractivity contribution in [3.05, 3.63) is 0 Å². The molecule has 0 aromatic carbocycles. The number of hydrogen-bond acceptors (Lipinski definition) is 1. The molecule has 0 bridgehead atoms. The molecule has 1 rings (SSSR count). The van der Waals surface area contributed by atoms with Crippen molar-refractivity contribution in [2.45, 2.75) is 77.6 Å². The van der Waals surface area contributed by atoms with Crippen molar-refractivity contribution < 1.29 is 4.43 Å². The minimum atomic E-state index is -1.26. The summed E-state index contributed by atoms with van der Waals surface area (Å²) in [5.41, 5.74) is 0. The van der Waals surface area contributed by atoms with E-state index in [-0.39, 0.29) is 0 Å². The Morgan fingerprint density at radius 1 is 1.33 bits per heavy atom. The maximum absolute atomic E-state index is 6.31. The number of unbranched alkanes of at least 4 members (excludes halogenated alkanes) is 2. The minimum Gasteiger partial charge on any atom is -0.414 e. The van der Waals surface area contributed by atoms with Gasteiger partial charge in [0, 0.05) is 6.10 Å². The highest BCUT2D eigenvalue weighted by atomic mass is 28.4. The van der Waals surface area contributed by atoms with Gasteiger partial charge in [0.1, 0.15) is 0 Å². The van der Waals surface area contributed by atoms with Gasteiger partial charge in [-0.05, 0) is 37.9 Å². The summed E-state index contributed by atoms with van der Waals surface area (Å²) in [5, 5.41) is 0. The molecule has 1 aliphatic rings. The smallest absolute Gasteiger partial charge is 0.187 e. The molecule has 1 fully saturated rings. The molecule has 1 heterocycles. The van der Waals surface area contributed by atoms with Gasteiger partial charge in [0.15, 0.2) is 8.32 Å². The summed E-state index contributed by atoms with van der Waals surface area (Å²) in [7, 11) is -1.26. The van der Waals surface area contributed by atoms with E-state index in [1.54, 1.807) is 0 Å². The topological polar surface area (TPSA) is 9.23 Å². The van der Waals surface area contributed by atoms with Crippen molar-refractivity contribution in [3.8, 4) is 0 Å². The van der Waals surface area contributed by atoms with Crippen LogP contribution in [0.4, 0.5) is 0 Å². The van der Waals surface area contributed by atoms with Gasteiger partial charge in [-0.15, -0.1) is 0 Å². The van der Waals surface area contributed by atoms with E-state index in [0.29, 0.717) is 6.10 Å². The van der Waals surface area contributed by atoms with Crippen LogP contribution in [-0.4, -0.2) is 14.4 Å². The summed E-state index contributed by atoms with van der Waals surface area (Å²) in [4.78, 5) is 0. The van der Waals surface area contributed by atoms with Gasteiger partial charge in [-0.1, -0.05) is 39.5 Å². The molecule has 0 saturated carbocycles. The zero-order chi connectivity index (χ0) is 11.3. The van der Waals surface area contributed by atoms with Crippen molar-refractivity contribution in [1.82, 2.24) is 0 Å². The third-order valence-corrected chi connectivity index (χ3v) is 6.13. The normalized spacial score (nSPS) is 27.6. The lowest BCUT2D eigenvalue weighted by Crippen LogP contribution is -2.42. The van der Waals surface area contributed by atoms with Crippen LogP contribution in [0.2, 0.25) is 19.1 Å². The Bertz CT molecular complexity index is 179. The van der Waals surface area contributed by atoms with Crippen LogP contribution in [-0.2, 0) is 4.43 Å². The minimum absolute atomic E-state index is 0.581. The van der Waals surface area contributed by atoms with Crippen LogP contribution in [0.1, 0.15) is 52.4 Å². The Hall–Kier alpha value is 0.177. The SMILES string of the molecule is CCCCCC(C)C1CCC[Si](C)(C)O1. The van der Waals surface area contributed by atoms with E-state index in [1.165, 1.54) is 44.6 Å². The summed E-state index contributed by atoms with van der Waals surface area (Å²) in [6.45, 7) is 9.41. The van der Waals surface area contributed by atoms with Gasteiger partial charge in [0.05, 0.1) is 0 Å². The van der Waals surface area contributed by atoms with Crippen LogP contribution in [0.3, 0.4) is 0 Å². The monoisotopic (exact) mass is 228 g/mol. The lowest BCUT2D eigenvalue weighted by molar-refractivity contribution is 0.101. The zero-order valence-corrected chi connectivity index (χ0v) is 12.0. The molecule has 1 aliphatic heterocycles. The summed E-state index contributed by atoms with van der Waals surface area (Å²) in [6, 6.07) is 1.37. The molecule has 0 aliphatic carbocycles. The summed E-state index contributed by atoms with van der Waals surface area (Å²) >= 11 is 0. The fourth-order valence-electron chi connectivity index (χ4n) is 2.56. The Balaban J connectivity index is 2.29. The average Bonchev–Trinajstić information content (AvgIpc) is 2.16. The maximum atomic E-state index is 6.31. The van der Waals surface area contributed by atoms with E-state index in [1.807, 2.05) is 0 Å². The Labute approximate surface area is 96.7 Å². The van der Waals surface area contributed by atoms with E-state index in [4.69, 9.17) is 4.43 Å². The first-order chi connectivity index (χ1) is 7.05. The third kappa shape index (κ3) is 4.69. The quantitative estimate of drug-likeness (QED) is 0.494. The number of rotatable bonds is 5. The lowest BCUT2D eigenvalue weighted by atomic mass is 9.94. The van der Waals surface area contributed by atoms with Gasteiger partial charge in [-0.25, -0.2) is 0 Å². The first-order valence-corrected chi connectivity index (χ1v) is 9.84. The van der Waals surface area contributed by atoms with E-state index < -0.39 is 8.32 Å². The molecule has 0 spiro atoms. The second kappa shape index (κ2) is 6.05. The summed E-state index contributed by atoms with van der Waals surface area (Å²) in [5.74, 6) is 0.781. The highest BCUT2D eigenvalue weighted by Crippen LogP contribution is 2.31. The molecule has 0 amide bonds. The fourth-order valence-corrected chi connectivity index (χ4v) is 4.90. The van der Waals surface area contributed by atoms with E-state index in [9.17, 15) is 0 Å². The first kappa shape index (κ1) is 13.2. The standard InChI is InChI=1S/C13H28OSi/c1-5-6-7-9-12(2)13-10-8-11-15(3,4)14-13/h12-13H,5-11H2,1-4H3. The molecular weight excluding hydrogens is 200 g/mol. The van der Waals surface area contributed by atoms with E-state index >= 15 is 0 Å². The largest absolute Gasteiger partial charge is 0.414 e. The second-order valence-electron chi connectivity index (χ2n) is 5.78. The van der Waals surface area contributed by atoms with Gasteiger partial charge in [-0.3, -0.25) is 0 Å². The Morgan fingerprint density at radius 2 is 2.07 bits per heavy atom. The van der Waals surface area contributed by atoms with Gasteiger partial charge in [-0.2, -0.15) is 0 Å². The van der Waals surface area contributed by atoms with E-state index in [0.717, 1.165) is 5.92 Å². The van der Waals surface area contributed by atoms with Gasteiger partial charge in [0.25, 0.3) is 0 Å². The van der Waals surface area contributed by atoms with Gasteiger partial charge < -0.3 is 4.43 Å². The van der Waals surface area contributed by atoms with Crippen LogP contribution in [0.5, 0.6) is 0 Å². The van der Waals surface area contributed by atoms with Gasteiger partial charge >= 0.3 is 0 Å². The van der Waals surface area contributed by atoms with Crippen molar-refractivity contribution in [1.29, 1.82) is 0 Å². The molecule has 90 valence electrons. The predicted octanol–water partition coefficient (Wildman–Crippen LogP) is 4.59. The summed E-state index contributed by atoms with van der Waals surface area (Å²) < 4.78 is 6.31. The van der Waals surface area contributed by atoms with Crippen LogP contribution in [0.25, 0.3) is 0 Å². The number of hydrogen-bond donors (Lipinski definition) is 0. The van der Waals surface area contributed by atoms with Crippen molar-refractivity contribution in [2.24, 2.45) is 5.92 Å². The maximum Gasteiger partial charge on any atom is 0.187 e. The highest BCUT2D eigenvalue weighted by Gasteiger charge is 2.33. The molecule has 2 unspecified atom stereocenters. The van der Waals surface area contributed by atoms with Crippen LogP contribution < -0.4 is 0 Å². The predicted molar refractivity (Wildman–Crippen MR) is 69.7 cm³/mol. The molecule has 0 aromatic heterocycles. The molecule has 0 aromatic rings. The Morgan fingerprint density at radius 3 is 2.67 bits per heavy atom. The van der Waals surface area contributed by atoms with Crippen LogP contribution >= 0.6 is 0 Å². The summed E-state index contributed by atoms with van der Waals surface area (Å²) in [6.07, 6.45) is 8.77. The molecule has 2 atom stereocenters.